The first kappa shape index (κ1) is 13.3. The highest BCUT2D eigenvalue weighted by Gasteiger charge is 2.34. The quantitative estimate of drug-likeness (QED) is 0.465. The Kier molecular flexibility index (Phi) is 3.68. The number of hydrogen-bond acceptors (Lipinski definition) is 4. The normalized spacial score (nSPS) is 26.1. The van der Waals surface area contributed by atoms with Crippen LogP contribution in [-0.2, 0) is 0 Å². The molecule has 1 aromatic rings. The van der Waals surface area contributed by atoms with Crippen LogP contribution >= 0.6 is 0 Å². The average molecular weight is 269 g/mol. The molecule has 0 aromatic carbocycles. The number of aliphatic hydroxyl groups is 1. The maximum atomic E-state index is 13.2. The third kappa shape index (κ3) is 2.51. The van der Waals surface area contributed by atoms with Crippen molar-refractivity contribution in [3.8, 4) is 0 Å². The first-order chi connectivity index (χ1) is 9.06. The summed E-state index contributed by atoms with van der Waals surface area (Å²) in [6, 6.07) is -0.853. The van der Waals surface area contributed by atoms with Crippen molar-refractivity contribution in [1.29, 1.82) is 0 Å². The number of azide groups is 1. The highest BCUT2D eigenvalue weighted by Crippen LogP contribution is 2.35. The Morgan fingerprint density at radius 2 is 2.32 bits per heavy atom. The van der Waals surface area contributed by atoms with Gasteiger partial charge in [0.05, 0.1) is 6.20 Å². The van der Waals surface area contributed by atoms with Gasteiger partial charge >= 0.3 is 5.69 Å². The van der Waals surface area contributed by atoms with E-state index in [-0.39, 0.29) is 12.5 Å². The van der Waals surface area contributed by atoms with E-state index in [2.05, 4.69) is 10.0 Å². The second kappa shape index (κ2) is 5.25. The molecule has 0 aliphatic heterocycles. The van der Waals surface area contributed by atoms with Gasteiger partial charge in [-0.05, 0) is 24.3 Å². The molecule has 1 aliphatic carbocycles. The molecule has 1 fully saturated rings. The third-order valence-electron chi connectivity index (χ3n) is 3.38. The number of aliphatic hydroxyl groups excluding tert-OH is 1. The molecule has 0 spiro atoms. The lowest BCUT2D eigenvalue weighted by Crippen LogP contribution is -2.33. The van der Waals surface area contributed by atoms with E-state index in [1.54, 1.807) is 0 Å². The summed E-state index contributed by atoms with van der Waals surface area (Å²) in [7, 11) is 0. The van der Waals surface area contributed by atoms with Crippen molar-refractivity contribution in [3.63, 3.8) is 0 Å². The molecular weight excluding hydrogens is 257 g/mol. The van der Waals surface area contributed by atoms with Gasteiger partial charge in [0.25, 0.3) is 5.56 Å². The minimum absolute atomic E-state index is 0.180. The number of rotatable bonds is 3. The molecule has 19 heavy (non-hydrogen) atoms. The van der Waals surface area contributed by atoms with Crippen LogP contribution in [0.5, 0.6) is 0 Å². The molecular formula is C10H12FN5O3. The van der Waals surface area contributed by atoms with Gasteiger partial charge in [-0.1, -0.05) is 5.11 Å². The monoisotopic (exact) mass is 269 g/mol. The molecule has 0 unspecified atom stereocenters. The fourth-order valence-corrected chi connectivity index (χ4v) is 2.44. The van der Waals surface area contributed by atoms with Crippen molar-refractivity contribution in [2.24, 2.45) is 11.0 Å². The van der Waals surface area contributed by atoms with E-state index >= 15 is 0 Å². The second-order valence-electron chi connectivity index (χ2n) is 4.48. The zero-order chi connectivity index (χ0) is 14.0. The number of H-pyrrole nitrogens is 1. The molecule has 1 aliphatic rings. The van der Waals surface area contributed by atoms with E-state index in [1.165, 1.54) is 0 Å². The molecule has 1 aromatic heterocycles. The van der Waals surface area contributed by atoms with Crippen molar-refractivity contribution in [3.05, 3.63) is 43.3 Å². The smallest absolute Gasteiger partial charge is 0.328 e. The van der Waals surface area contributed by atoms with Crippen LogP contribution in [0.1, 0.15) is 18.9 Å². The van der Waals surface area contributed by atoms with E-state index in [0.29, 0.717) is 12.8 Å². The number of aromatic amines is 1. The fourth-order valence-electron chi connectivity index (χ4n) is 2.44. The first-order valence-electron chi connectivity index (χ1n) is 5.72. The molecule has 9 heteroatoms. The van der Waals surface area contributed by atoms with Gasteiger partial charge in [-0.3, -0.25) is 14.3 Å². The summed E-state index contributed by atoms with van der Waals surface area (Å²) >= 11 is 0. The Morgan fingerprint density at radius 1 is 1.58 bits per heavy atom. The highest BCUT2D eigenvalue weighted by atomic mass is 19.1. The molecule has 0 radical (unpaired) electrons. The average Bonchev–Trinajstić information content (AvgIpc) is 2.77. The van der Waals surface area contributed by atoms with E-state index in [4.69, 9.17) is 5.53 Å². The van der Waals surface area contributed by atoms with E-state index < -0.39 is 29.1 Å². The topological polar surface area (TPSA) is 124 Å². The molecule has 102 valence electrons. The number of aromatic nitrogens is 2. The minimum Gasteiger partial charge on any atom is -0.396 e. The lowest BCUT2D eigenvalue weighted by Gasteiger charge is -2.12. The second-order valence-corrected chi connectivity index (χ2v) is 4.48. The minimum atomic E-state index is -1.07. The van der Waals surface area contributed by atoms with Crippen molar-refractivity contribution in [2.45, 2.75) is 24.9 Å². The third-order valence-corrected chi connectivity index (χ3v) is 3.38. The standard InChI is InChI=1S/C10H12FN5O3/c11-7-3-16(10(19)13-9(7)18)6-1-5(4-17)8(2-6)14-15-12/h3,5-6,8,17H,1-2,4H2,(H,13,18,19)/t5-,6-,8+/m1/s1. The summed E-state index contributed by atoms with van der Waals surface area (Å²) in [5.74, 6) is -1.32. The highest BCUT2D eigenvalue weighted by molar-refractivity contribution is 4.96. The van der Waals surface area contributed by atoms with Gasteiger partial charge in [0.15, 0.2) is 0 Å². The van der Waals surface area contributed by atoms with Crippen LogP contribution in [0.2, 0.25) is 0 Å². The molecule has 1 heterocycles. The van der Waals surface area contributed by atoms with Crippen LogP contribution in [0.3, 0.4) is 0 Å². The summed E-state index contributed by atoms with van der Waals surface area (Å²) in [6.07, 6.45) is 1.55. The van der Waals surface area contributed by atoms with Crippen LogP contribution in [-0.4, -0.2) is 27.3 Å². The van der Waals surface area contributed by atoms with Crippen LogP contribution in [0.15, 0.2) is 20.9 Å². The maximum absolute atomic E-state index is 13.2. The molecule has 2 N–H and O–H groups in total. The Bertz CT molecular complexity index is 633. The van der Waals surface area contributed by atoms with Gasteiger partial charge in [-0.2, -0.15) is 4.39 Å². The van der Waals surface area contributed by atoms with Gasteiger partial charge in [0.2, 0.25) is 5.82 Å². The maximum Gasteiger partial charge on any atom is 0.328 e. The van der Waals surface area contributed by atoms with Crippen LogP contribution < -0.4 is 11.2 Å². The number of halogens is 1. The van der Waals surface area contributed by atoms with Gasteiger partial charge in [0.1, 0.15) is 0 Å². The number of nitrogens with zero attached hydrogens (tertiary/aromatic N) is 4. The first-order valence-corrected chi connectivity index (χ1v) is 5.72. The van der Waals surface area contributed by atoms with E-state index in [9.17, 15) is 19.1 Å². The molecule has 0 amide bonds. The Morgan fingerprint density at radius 3 is 2.95 bits per heavy atom. The van der Waals surface area contributed by atoms with Crippen molar-refractivity contribution >= 4 is 0 Å². The van der Waals surface area contributed by atoms with Crippen molar-refractivity contribution < 1.29 is 9.50 Å². The largest absolute Gasteiger partial charge is 0.396 e. The Labute approximate surface area is 106 Å². The summed E-state index contributed by atoms with van der Waals surface area (Å²) < 4.78 is 14.3. The predicted molar refractivity (Wildman–Crippen MR) is 63.1 cm³/mol. The van der Waals surface area contributed by atoms with Crippen LogP contribution in [0.4, 0.5) is 4.39 Å². The fraction of sp³-hybridized carbons (Fsp3) is 0.600. The zero-order valence-corrected chi connectivity index (χ0v) is 9.86. The van der Waals surface area contributed by atoms with Crippen molar-refractivity contribution in [2.75, 3.05) is 6.61 Å². The van der Waals surface area contributed by atoms with Crippen LogP contribution in [0.25, 0.3) is 10.4 Å². The van der Waals surface area contributed by atoms with Crippen molar-refractivity contribution in [1.82, 2.24) is 9.55 Å². The van der Waals surface area contributed by atoms with E-state index in [0.717, 1.165) is 10.8 Å². The summed E-state index contributed by atoms with van der Waals surface area (Å²) in [6.45, 7) is -0.180. The SMILES string of the molecule is [N-]=[N+]=N[C@H]1C[C@H](n2cc(F)c(=O)[nH]c2=O)C[C@@H]1CO. The number of nitrogens with one attached hydrogen (secondary N) is 1. The van der Waals surface area contributed by atoms with Gasteiger partial charge in [0, 0.05) is 23.6 Å². The number of hydrogen-bond donors (Lipinski definition) is 2. The lowest BCUT2D eigenvalue weighted by molar-refractivity contribution is 0.215. The summed E-state index contributed by atoms with van der Waals surface area (Å²) in [5.41, 5.74) is 6.65. The van der Waals surface area contributed by atoms with E-state index in [1.807, 2.05) is 4.98 Å². The Balaban J connectivity index is 2.34. The Hall–Kier alpha value is -2.12. The lowest BCUT2D eigenvalue weighted by atomic mass is 10.1. The van der Waals surface area contributed by atoms with Gasteiger partial charge in [-0.15, -0.1) is 0 Å². The molecule has 0 saturated heterocycles. The zero-order valence-electron chi connectivity index (χ0n) is 9.86. The molecule has 2 rings (SSSR count). The summed E-state index contributed by atoms with van der Waals surface area (Å²) in [4.78, 5) is 27.1. The summed E-state index contributed by atoms with van der Waals surface area (Å²) in [5, 5.41) is 12.8. The molecule has 0 bridgehead atoms. The molecule has 8 nitrogen and oxygen atoms in total. The molecule has 1 saturated carbocycles. The molecule has 3 atom stereocenters. The van der Waals surface area contributed by atoms with Gasteiger partial charge in [-0.25, -0.2) is 4.79 Å². The van der Waals surface area contributed by atoms with Crippen LogP contribution in [0, 0.1) is 11.7 Å². The predicted octanol–water partition coefficient (Wildman–Crippen LogP) is 0.298. The van der Waals surface area contributed by atoms with Gasteiger partial charge < -0.3 is 5.11 Å².